The average Bonchev–Trinajstić information content (AvgIpc) is 2.64. The first-order chi connectivity index (χ1) is 15.6. The molecule has 0 spiro atoms. The molecule has 0 aliphatic rings. The lowest BCUT2D eigenvalue weighted by atomic mass is 9.95. The summed E-state index contributed by atoms with van der Waals surface area (Å²) in [6.45, 7) is 19.3. The molecule has 192 valence electrons. The highest BCUT2D eigenvalue weighted by atomic mass is 16.6. The van der Waals surface area contributed by atoms with E-state index in [9.17, 15) is 14.4 Å². The number of alkyl carbamates (subject to hydrolysis) is 1. The van der Waals surface area contributed by atoms with Crippen LogP contribution in [0.15, 0.2) is 24.3 Å². The van der Waals surface area contributed by atoms with E-state index in [1.807, 2.05) is 72.7 Å². The summed E-state index contributed by atoms with van der Waals surface area (Å²) in [7, 11) is 0. The Morgan fingerprint density at radius 2 is 1.62 bits per heavy atom. The second-order valence-corrected chi connectivity index (χ2v) is 11.4. The van der Waals surface area contributed by atoms with E-state index in [2.05, 4.69) is 10.6 Å². The van der Waals surface area contributed by atoms with E-state index in [1.165, 1.54) is 0 Å². The van der Waals surface area contributed by atoms with Gasteiger partial charge in [0, 0.05) is 12.1 Å². The van der Waals surface area contributed by atoms with Gasteiger partial charge in [-0.3, -0.25) is 9.59 Å². The molecule has 0 aliphatic heterocycles. The molecule has 0 saturated heterocycles. The average molecular weight is 476 g/mol. The van der Waals surface area contributed by atoms with Crippen molar-refractivity contribution < 1.29 is 19.1 Å². The van der Waals surface area contributed by atoms with E-state index < -0.39 is 29.3 Å². The molecule has 0 fully saturated rings. The van der Waals surface area contributed by atoms with Crippen LogP contribution in [0.25, 0.3) is 0 Å². The Bertz CT molecular complexity index is 837. The minimum atomic E-state index is -0.817. The van der Waals surface area contributed by atoms with Crippen molar-refractivity contribution in [2.24, 2.45) is 5.92 Å². The van der Waals surface area contributed by atoms with Gasteiger partial charge in [-0.05, 0) is 78.4 Å². The fraction of sp³-hybridized carbons (Fsp3) is 0.667. The highest BCUT2D eigenvalue weighted by Crippen LogP contribution is 2.27. The first kappa shape index (κ1) is 29.5. The van der Waals surface area contributed by atoms with Crippen molar-refractivity contribution in [3.05, 3.63) is 35.4 Å². The molecule has 2 N–H and O–H groups in total. The van der Waals surface area contributed by atoms with Gasteiger partial charge in [0.15, 0.2) is 0 Å². The fourth-order valence-electron chi connectivity index (χ4n) is 3.73. The summed E-state index contributed by atoms with van der Waals surface area (Å²) in [4.78, 5) is 41.7. The lowest BCUT2D eigenvalue weighted by molar-refractivity contribution is -0.143. The van der Waals surface area contributed by atoms with Crippen molar-refractivity contribution in [3.63, 3.8) is 0 Å². The molecule has 0 bridgehead atoms. The van der Waals surface area contributed by atoms with E-state index in [0.29, 0.717) is 19.4 Å². The zero-order chi connectivity index (χ0) is 26.3. The number of amides is 3. The molecule has 0 radical (unpaired) electrons. The summed E-state index contributed by atoms with van der Waals surface area (Å²) in [6.07, 6.45) is 0.451. The molecule has 0 heterocycles. The minimum absolute atomic E-state index is 0.146. The van der Waals surface area contributed by atoms with Gasteiger partial charge in [-0.25, -0.2) is 4.79 Å². The molecule has 2 unspecified atom stereocenters. The van der Waals surface area contributed by atoms with Crippen LogP contribution in [0.1, 0.15) is 92.3 Å². The van der Waals surface area contributed by atoms with E-state index in [1.54, 1.807) is 25.7 Å². The van der Waals surface area contributed by atoms with E-state index in [-0.39, 0.29) is 17.7 Å². The molecule has 0 aromatic heterocycles. The van der Waals surface area contributed by atoms with Crippen molar-refractivity contribution in [2.75, 3.05) is 6.54 Å². The summed E-state index contributed by atoms with van der Waals surface area (Å²) in [6, 6.07) is 5.98. The maximum atomic E-state index is 13.9. The Hall–Kier alpha value is -2.57. The summed E-state index contributed by atoms with van der Waals surface area (Å²) in [5, 5.41) is 5.81. The lowest BCUT2D eigenvalue weighted by Gasteiger charge is -2.36. The fourth-order valence-corrected chi connectivity index (χ4v) is 3.73. The molecule has 2 atom stereocenters. The number of carbonyl (C=O) groups is 3. The molecule has 1 aromatic rings. The van der Waals surface area contributed by atoms with Crippen molar-refractivity contribution in [1.29, 1.82) is 0 Å². The second kappa shape index (κ2) is 12.2. The van der Waals surface area contributed by atoms with Gasteiger partial charge in [-0.15, -0.1) is 0 Å². The molecule has 1 aromatic carbocycles. The van der Waals surface area contributed by atoms with Gasteiger partial charge in [0.25, 0.3) is 0 Å². The van der Waals surface area contributed by atoms with Crippen LogP contribution in [0.4, 0.5) is 4.79 Å². The molecule has 7 nitrogen and oxygen atoms in total. The summed E-state index contributed by atoms with van der Waals surface area (Å²) in [5.41, 5.74) is 0.539. The highest BCUT2D eigenvalue weighted by molar-refractivity contribution is 5.92. The smallest absolute Gasteiger partial charge is 0.408 e. The second-order valence-electron chi connectivity index (χ2n) is 11.4. The SMILES string of the molecule is CCCN(C(=O)C(CC(C)C)NC(=O)OC(C)(C)C)C(C(=O)NC(C)(C)C)c1ccccc1C. The van der Waals surface area contributed by atoms with Gasteiger partial charge >= 0.3 is 6.09 Å². The Kier molecular flexibility index (Phi) is 10.6. The molecule has 1 rings (SSSR count). The number of rotatable bonds is 9. The topological polar surface area (TPSA) is 87.7 Å². The third kappa shape index (κ3) is 9.74. The number of aryl methyl sites for hydroxylation is 1. The number of nitrogens with one attached hydrogen (secondary N) is 2. The van der Waals surface area contributed by atoms with E-state index >= 15 is 0 Å². The molecule has 0 saturated carbocycles. The van der Waals surface area contributed by atoms with Gasteiger partial charge in [0.05, 0.1) is 0 Å². The number of carbonyl (C=O) groups excluding carboxylic acids is 3. The molecule has 0 aliphatic carbocycles. The molecule has 34 heavy (non-hydrogen) atoms. The van der Waals surface area contributed by atoms with Gasteiger partial charge in [0.2, 0.25) is 11.8 Å². The van der Waals surface area contributed by atoms with Crippen molar-refractivity contribution in [2.45, 2.75) is 105 Å². The van der Waals surface area contributed by atoms with Gasteiger partial charge in [-0.2, -0.15) is 0 Å². The summed E-state index contributed by atoms with van der Waals surface area (Å²) >= 11 is 0. The highest BCUT2D eigenvalue weighted by Gasteiger charge is 2.37. The largest absolute Gasteiger partial charge is 0.444 e. The number of hydrogen-bond acceptors (Lipinski definition) is 4. The Labute approximate surface area is 206 Å². The van der Waals surface area contributed by atoms with E-state index in [4.69, 9.17) is 4.74 Å². The summed E-state index contributed by atoms with van der Waals surface area (Å²) < 4.78 is 5.42. The van der Waals surface area contributed by atoms with Crippen molar-refractivity contribution >= 4 is 17.9 Å². The molecular weight excluding hydrogens is 430 g/mol. The van der Waals surface area contributed by atoms with E-state index in [0.717, 1.165) is 11.1 Å². The number of nitrogens with zero attached hydrogens (tertiary/aromatic N) is 1. The Balaban J connectivity index is 3.47. The van der Waals surface area contributed by atoms with Crippen LogP contribution in [0.5, 0.6) is 0 Å². The monoisotopic (exact) mass is 475 g/mol. The quantitative estimate of drug-likeness (QED) is 0.518. The normalized spacial score (nSPS) is 13.7. The van der Waals surface area contributed by atoms with Gasteiger partial charge < -0.3 is 20.3 Å². The summed E-state index contributed by atoms with van der Waals surface area (Å²) in [5.74, 6) is -0.393. The van der Waals surface area contributed by atoms with Gasteiger partial charge in [0.1, 0.15) is 17.7 Å². The van der Waals surface area contributed by atoms with Gasteiger partial charge in [-0.1, -0.05) is 45.0 Å². The number of benzene rings is 1. The maximum absolute atomic E-state index is 13.9. The lowest BCUT2D eigenvalue weighted by Crippen LogP contribution is -2.55. The van der Waals surface area contributed by atoms with Crippen molar-refractivity contribution in [1.82, 2.24) is 15.5 Å². The molecule has 3 amide bonds. The van der Waals surface area contributed by atoms with Crippen LogP contribution in [0, 0.1) is 12.8 Å². The van der Waals surface area contributed by atoms with Crippen LogP contribution in [0.3, 0.4) is 0 Å². The van der Waals surface area contributed by atoms with Crippen LogP contribution in [-0.2, 0) is 14.3 Å². The number of hydrogen-bond donors (Lipinski definition) is 2. The first-order valence-electron chi connectivity index (χ1n) is 12.2. The van der Waals surface area contributed by atoms with Crippen molar-refractivity contribution in [3.8, 4) is 0 Å². The predicted molar refractivity (Wildman–Crippen MR) is 136 cm³/mol. The zero-order valence-electron chi connectivity index (χ0n) is 22.7. The predicted octanol–water partition coefficient (Wildman–Crippen LogP) is 5.13. The Morgan fingerprint density at radius 3 is 2.09 bits per heavy atom. The standard InChI is InChI=1S/C27H45N3O4/c1-11-16-30(24(32)21(17-18(2)3)28-25(33)34-27(8,9)10)22(23(31)29-26(5,6)7)20-15-13-12-14-19(20)4/h12-15,18,21-22H,11,16-17H2,1-10H3,(H,28,33)(H,29,31). The molecule has 7 heteroatoms. The first-order valence-corrected chi connectivity index (χ1v) is 12.2. The van der Waals surface area contributed by atoms with Crippen LogP contribution < -0.4 is 10.6 Å². The minimum Gasteiger partial charge on any atom is -0.444 e. The third-order valence-electron chi connectivity index (χ3n) is 4.99. The molecular formula is C27H45N3O4. The van der Waals surface area contributed by atoms with Crippen LogP contribution in [0.2, 0.25) is 0 Å². The zero-order valence-corrected chi connectivity index (χ0v) is 22.7. The van der Waals surface area contributed by atoms with Crippen LogP contribution in [-0.4, -0.2) is 46.5 Å². The van der Waals surface area contributed by atoms with Crippen LogP contribution >= 0.6 is 0 Å². The maximum Gasteiger partial charge on any atom is 0.408 e. The third-order valence-corrected chi connectivity index (χ3v) is 4.99. The number of ether oxygens (including phenoxy) is 1. The Morgan fingerprint density at radius 1 is 1.03 bits per heavy atom.